The minimum Gasteiger partial charge on any atom is -0.381 e. The summed E-state index contributed by atoms with van der Waals surface area (Å²) >= 11 is 0. The fraction of sp³-hybridized carbons (Fsp3) is 0.583. The summed E-state index contributed by atoms with van der Waals surface area (Å²) < 4.78 is 12.8. The minimum atomic E-state index is 0.105. The van der Waals surface area contributed by atoms with Crippen LogP contribution in [0.3, 0.4) is 0 Å². The molecule has 1 aliphatic rings. The largest absolute Gasteiger partial charge is 0.381 e. The third kappa shape index (κ3) is 2.26. The van der Waals surface area contributed by atoms with Gasteiger partial charge in [0.25, 0.3) is 0 Å². The van der Waals surface area contributed by atoms with Gasteiger partial charge in [-0.15, -0.1) is 0 Å². The van der Waals surface area contributed by atoms with Crippen molar-refractivity contribution in [3.63, 3.8) is 0 Å². The van der Waals surface area contributed by atoms with E-state index in [2.05, 4.69) is 20.4 Å². The summed E-state index contributed by atoms with van der Waals surface area (Å²) in [6.45, 7) is 1.38. The number of hydrogen-bond donors (Lipinski definition) is 1. The molecule has 2 aromatic heterocycles. The van der Waals surface area contributed by atoms with Crippen LogP contribution in [-0.2, 0) is 11.8 Å². The summed E-state index contributed by atoms with van der Waals surface area (Å²) in [6, 6.07) is 0.314. The van der Waals surface area contributed by atoms with E-state index < -0.39 is 0 Å². The lowest BCUT2D eigenvalue weighted by atomic mass is 9.96. The molecular formula is C12H17N5O2. The summed E-state index contributed by atoms with van der Waals surface area (Å²) in [7, 11) is 3.85. The monoisotopic (exact) mass is 263 g/mol. The predicted molar refractivity (Wildman–Crippen MR) is 67.5 cm³/mol. The van der Waals surface area contributed by atoms with E-state index in [0.717, 1.165) is 18.7 Å². The molecule has 0 aromatic carbocycles. The Hall–Kier alpha value is -1.73. The lowest BCUT2D eigenvalue weighted by Gasteiger charge is -2.28. The molecule has 1 saturated heterocycles. The molecule has 19 heavy (non-hydrogen) atoms. The Morgan fingerprint density at radius 2 is 2.37 bits per heavy atom. The number of rotatable bonds is 3. The molecule has 1 fully saturated rings. The first-order valence-corrected chi connectivity index (χ1v) is 6.35. The van der Waals surface area contributed by atoms with Gasteiger partial charge in [-0.05, 0) is 13.5 Å². The molecule has 3 heterocycles. The number of imidazole rings is 1. The third-order valence-electron chi connectivity index (χ3n) is 3.53. The highest BCUT2D eigenvalue weighted by Gasteiger charge is 2.31. The van der Waals surface area contributed by atoms with Crippen LogP contribution in [0.25, 0.3) is 11.5 Å². The Morgan fingerprint density at radius 3 is 3.11 bits per heavy atom. The van der Waals surface area contributed by atoms with E-state index in [1.807, 2.05) is 18.7 Å². The number of nitrogens with one attached hydrogen (secondary N) is 1. The van der Waals surface area contributed by atoms with E-state index in [1.54, 1.807) is 12.5 Å². The molecule has 0 radical (unpaired) electrons. The number of likely N-dealkylation sites (N-methyl/N-ethyl adjacent to an activating group) is 1. The second kappa shape index (κ2) is 5.10. The van der Waals surface area contributed by atoms with Crippen molar-refractivity contribution in [3.05, 3.63) is 18.4 Å². The lowest BCUT2D eigenvalue weighted by molar-refractivity contribution is 0.0516. The topological polar surface area (TPSA) is 78.0 Å². The van der Waals surface area contributed by atoms with Crippen LogP contribution in [0.15, 0.2) is 17.0 Å². The van der Waals surface area contributed by atoms with Crippen molar-refractivity contribution in [1.82, 2.24) is 25.0 Å². The van der Waals surface area contributed by atoms with Gasteiger partial charge in [0.2, 0.25) is 11.7 Å². The van der Waals surface area contributed by atoms with E-state index in [1.165, 1.54) is 0 Å². The fourth-order valence-electron chi connectivity index (χ4n) is 2.39. The van der Waals surface area contributed by atoms with Crippen molar-refractivity contribution in [3.8, 4) is 11.5 Å². The first-order chi connectivity index (χ1) is 9.29. The normalized spacial score (nSPS) is 23.7. The number of aryl methyl sites for hydroxylation is 1. The van der Waals surface area contributed by atoms with Gasteiger partial charge in [-0.3, -0.25) is 0 Å². The summed E-state index contributed by atoms with van der Waals surface area (Å²) in [5, 5.41) is 7.32. The summed E-state index contributed by atoms with van der Waals surface area (Å²) in [6.07, 6.45) is 4.39. The van der Waals surface area contributed by atoms with Crippen molar-refractivity contribution in [2.24, 2.45) is 7.05 Å². The third-order valence-corrected chi connectivity index (χ3v) is 3.53. The van der Waals surface area contributed by atoms with Crippen molar-refractivity contribution in [2.75, 3.05) is 20.3 Å². The first-order valence-electron chi connectivity index (χ1n) is 6.35. The molecule has 1 aliphatic heterocycles. The molecule has 0 aliphatic carbocycles. The number of aromatic nitrogens is 4. The first kappa shape index (κ1) is 12.3. The lowest BCUT2D eigenvalue weighted by Crippen LogP contribution is -2.39. The van der Waals surface area contributed by atoms with E-state index >= 15 is 0 Å². The molecule has 3 rings (SSSR count). The van der Waals surface area contributed by atoms with Gasteiger partial charge in [-0.1, -0.05) is 5.16 Å². The highest BCUT2D eigenvalue weighted by molar-refractivity contribution is 5.47. The van der Waals surface area contributed by atoms with Crippen LogP contribution < -0.4 is 5.32 Å². The molecule has 0 spiro atoms. The molecule has 2 unspecified atom stereocenters. The van der Waals surface area contributed by atoms with E-state index in [4.69, 9.17) is 9.26 Å². The predicted octanol–water partition coefficient (Wildman–Crippen LogP) is 0.562. The van der Waals surface area contributed by atoms with Crippen molar-refractivity contribution in [1.29, 1.82) is 0 Å². The summed E-state index contributed by atoms with van der Waals surface area (Å²) in [5.74, 6) is 1.29. The number of nitrogens with zero attached hydrogens (tertiary/aromatic N) is 4. The Bertz CT molecular complexity index is 550. The molecule has 1 N–H and O–H groups in total. The van der Waals surface area contributed by atoms with Crippen LogP contribution in [0.2, 0.25) is 0 Å². The van der Waals surface area contributed by atoms with Gasteiger partial charge in [0, 0.05) is 19.7 Å². The second-order valence-corrected chi connectivity index (χ2v) is 4.71. The maximum Gasteiger partial charge on any atom is 0.234 e. The van der Waals surface area contributed by atoms with Crippen LogP contribution in [0, 0.1) is 0 Å². The van der Waals surface area contributed by atoms with Crippen LogP contribution in [-0.4, -0.2) is 46.0 Å². The van der Waals surface area contributed by atoms with E-state index in [0.29, 0.717) is 24.4 Å². The van der Waals surface area contributed by atoms with Crippen LogP contribution in [0.1, 0.15) is 18.2 Å². The molecule has 2 aromatic rings. The van der Waals surface area contributed by atoms with Gasteiger partial charge in [0.05, 0.1) is 25.0 Å². The van der Waals surface area contributed by atoms with Gasteiger partial charge in [-0.25, -0.2) is 4.98 Å². The Labute approximate surface area is 111 Å². The SMILES string of the molecule is CNC1CCOCC1c1nc(-c2cncn2C)no1. The number of ether oxygens (including phenoxy) is 1. The molecule has 7 nitrogen and oxygen atoms in total. The van der Waals surface area contributed by atoms with Crippen molar-refractivity contribution >= 4 is 0 Å². The molecule has 0 bridgehead atoms. The average Bonchev–Trinajstić information content (AvgIpc) is 3.07. The van der Waals surface area contributed by atoms with Gasteiger partial charge in [0.15, 0.2) is 0 Å². The minimum absolute atomic E-state index is 0.105. The smallest absolute Gasteiger partial charge is 0.234 e. The molecule has 102 valence electrons. The molecule has 0 amide bonds. The highest BCUT2D eigenvalue weighted by Crippen LogP contribution is 2.26. The van der Waals surface area contributed by atoms with Crippen LogP contribution in [0.4, 0.5) is 0 Å². The zero-order valence-electron chi connectivity index (χ0n) is 11.0. The van der Waals surface area contributed by atoms with Crippen molar-refractivity contribution in [2.45, 2.75) is 18.4 Å². The maximum absolute atomic E-state index is 5.51. The van der Waals surface area contributed by atoms with E-state index in [-0.39, 0.29) is 5.92 Å². The quantitative estimate of drug-likeness (QED) is 0.872. The van der Waals surface area contributed by atoms with Gasteiger partial charge >= 0.3 is 0 Å². The molecule has 0 saturated carbocycles. The number of hydrogen-bond acceptors (Lipinski definition) is 6. The zero-order chi connectivity index (χ0) is 13.2. The zero-order valence-corrected chi connectivity index (χ0v) is 11.0. The second-order valence-electron chi connectivity index (χ2n) is 4.71. The van der Waals surface area contributed by atoms with Crippen LogP contribution in [0.5, 0.6) is 0 Å². The van der Waals surface area contributed by atoms with Crippen LogP contribution >= 0.6 is 0 Å². The standard InChI is InChI=1S/C12H17N5O2/c1-13-9-3-4-18-6-8(9)12-15-11(16-19-12)10-5-14-7-17(10)2/h5,7-9,13H,3-4,6H2,1-2H3. The van der Waals surface area contributed by atoms with Crippen molar-refractivity contribution < 1.29 is 9.26 Å². The highest BCUT2D eigenvalue weighted by atomic mass is 16.5. The average molecular weight is 263 g/mol. The van der Waals surface area contributed by atoms with E-state index in [9.17, 15) is 0 Å². The van der Waals surface area contributed by atoms with Gasteiger partial charge in [0.1, 0.15) is 5.69 Å². The van der Waals surface area contributed by atoms with Gasteiger partial charge in [-0.2, -0.15) is 4.98 Å². The fourth-order valence-corrected chi connectivity index (χ4v) is 2.39. The van der Waals surface area contributed by atoms with Gasteiger partial charge < -0.3 is 19.1 Å². The summed E-state index contributed by atoms with van der Waals surface area (Å²) in [5.41, 5.74) is 0.840. The maximum atomic E-state index is 5.51. The molecule has 2 atom stereocenters. The Balaban J connectivity index is 1.86. The molecule has 7 heteroatoms. The summed E-state index contributed by atoms with van der Waals surface area (Å²) in [4.78, 5) is 8.53. The molecular weight excluding hydrogens is 246 g/mol. The Kier molecular flexibility index (Phi) is 3.31. The Morgan fingerprint density at radius 1 is 1.47 bits per heavy atom.